The van der Waals surface area contributed by atoms with Crippen LogP contribution in [0.5, 0.6) is 0 Å². The maximum Gasteiger partial charge on any atom is 0.276 e. The summed E-state index contributed by atoms with van der Waals surface area (Å²) in [6, 6.07) is 7.83. The summed E-state index contributed by atoms with van der Waals surface area (Å²) in [7, 11) is 0. The van der Waals surface area contributed by atoms with Gasteiger partial charge in [0.05, 0.1) is 0 Å². The lowest BCUT2D eigenvalue weighted by molar-refractivity contribution is 0.465. The molecule has 0 spiro atoms. The summed E-state index contributed by atoms with van der Waals surface area (Å²) in [5, 5.41) is 8.62. The zero-order chi connectivity index (χ0) is 12.9. The van der Waals surface area contributed by atoms with Crippen LogP contribution in [0.2, 0.25) is 0 Å². The van der Waals surface area contributed by atoms with E-state index in [1.807, 2.05) is 30.5 Å². The fraction of sp³-hybridized carbons (Fsp3) is 0.154. The van der Waals surface area contributed by atoms with E-state index in [1.54, 1.807) is 24.2 Å². The second kappa shape index (κ2) is 5.71. The Kier molecular flexibility index (Phi) is 3.60. The van der Waals surface area contributed by atoms with Gasteiger partial charge in [0.1, 0.15) is 5.69 Å². The molecule has 0 saturated heterocycles. The minimum atomic E-state index is 0.524. The molecule has 0 aromatic carbocycles. The molecule has 3 aromatic rings. The fourth-order valence-corrected chi connectivity index (χ4v) is 2.39. The summed E-state index contributed by atoms with van der Waals surface area (Å²) in [6.45, 7) is 0. The van der Waals surface area contributed by atoms with Crippen molar-refractivity contribution in [3.63, 3.8) is 0 Å². The average Bonchev–Trinajstić information content (AvgIpc) is 3.10. The summed E-state index contributed by atoms with van der Waals surface area (Å²) >= 11 is 1.56. The van der Waals surface area contributed by atoms with E-state index in [0.717, 1.165) is 17.9 Å². The van der Waals surface area contributed by atoms with Gasteiger partial charge in [-0.05, 0) is 36.2 Å². The predicted octanol–water partition coefficient (Wildman–Crippen LogP) is 2.79. The first-order chi connectivity index (χ1) is 9.42. The lowest BCUT2D eigenvalue weighted by Crippen LogP contribution is -1.88. The second-order valence-electron chi connectivity index (χ2n) is 3.91. The van der Waals surface area contributed by atoms with Gasteiger partial charge in [0.25, 0.3) is 11.1 Å². The van der Waals surface area contributed by atoms with E-state index in [1.165, 1.54) is 5.56 Å². The molecule has 3 heterocycles. The summed E-state index contributed by atoms with van der Waals surface area (Å²) in [5.41, 5.74) is 2.10. The van der Waals surface area contributed by atoms with E-state index < -0.39 is 0 Å². The summed E-state index contributed by atoms with van der Waals surface area (Å²) < 4.78 is 5.56. The Morgan fingerprint density at radius 1 is 1.16 bits per heavy atom. The number of aromatic amines is 1. The lowest BCUT2D eigenvalue weighted by atomic mass is 10.2. The first-order valence-electron chi connectivity index (χ1n) is 5.91. The monoisotopic (exact) mass is 272 g/mol. The van der Waals surface area contributed by atoms with Gasteiger partial charge in [-0.2, -0.15) is 0 Å². The third-order valence-electron chi connectivity index (χ3n) is 2.60. The Hall–Kier alpha value is -2.08. The van der Waals surface area contributed by atoms with Gasteiger partial charge in [0, 0.05) is 24.3 Å². The van der Waals surface area contributed by atoms with Crippen molar-refractivity contribution in [1.82, 2.24) is 20.2 Å². The van der Waals surface area contributed by atoms with Crippen molar-refractivity contribution < 1.29 is 4.42 Å². The molecule has 0 unspecified atom stereocenters. The third-order valence-corrected chi connectivity index (χ3v) is 3.42. The molecule has 0 aliphatic heterocycles. The molecule has 0 fully saturated rings. The van der Waals surface area contributed by atoms with Crippen LogP contribution >= 0.6 is 11.8 Å². The third kappa shape index (κ3) is 3.03. The SMILES string of the molecule is c1c[nH]c(-c2nnc(SCCc3ccncc3)o2)c1. The van der Waals surface area contributed by atoms with E-state index in [4.69, 9.17) is 4.42 Å². The summed E-state index contributed by atoms with van der Waals surface area (Å²) in [5.74, 6) is 1.42. The minimum absolute atomic E-state index is 0.524. The van der Waals surface area contributed by atoms with Crippen LogP contribution in [-0.4, -0.2) is 25.9 Å². The van der Waals surface area contributed by atoms with Crippen LogP contribution in [0.3, 0.4) is 0 Å². The van der Waals surface area contributed by atoms with Crippen LogP contribution in [0, 0.1) is 0 Å². The second-order valence-corrected chi connectivity index (χ2v) is 4.96. The molecule has 0 aliphatic rings. The molecule has 3 rings (SSSR count). The molecule has 0 aliphatic carbocycles. The van der Waals surface area contributed by atoms with Crippen LogP contribution < -0.4 is 0 Å². The van der Waals surface area contributed by atoms with Crippen LogP contribution in [0.15, 0.2) is 52.5 Å². The van der Waals surface area contributed by atoms with Crippen LogP contribution in [-0.2, 0) is 6.42 Å². The Labute approximate surface area is 114 Å². The molecule has 0 amide bonds. The van der Waals surface area contributed by atoms with E-state index in [0.29, 0.717) is 11.1 Å². The lowest BCUT2D eigenvalue weighted by Gasteiger charge is -1.97. The molecule has 1 N–H and O–H groups in total. The van der Waals surface area contributed by atoms with Gasteiger partial charge in [-0.15, -0.1) is 10.2 Å². The van der Waals surface area contributed by atoms with Gasteiger partial charge in [-0.25, -0.2) is 0 Å². The number of thioether (sulfide) groups is 1. The topological polar surface area (TPSA) is 67.6 Å². The van der Waals surface area contributed by atoms with Gasteiger partial charge >= 0.3 is 0 Å². The van der Waals surface area contributed by atoms with Gasteiger partial charge in [-0.1, -0.05) is 11.8 Å². The Bertz CT molecular complexity index is 621. The van der Waals surface area contributed by atoms with Crippen LogP contribution in [0.25, 0.3) is 11.6 Å². The molecule has 0 saturated carbocycles. The predicted molar refractivity (Wildman–Crippen MR) is 72.7 cm³/mol. The van der Waals surface area contributed by atoms with Gasteiger partial charge in [-0.3, -0.25) is 4.98 Å². The highest BCUT2D eigenvalue weighted by Gasteiger charge is 2.09. The van der Waals surface area contributed by atoms with Crippen molar-refractivity contribution >= 4 is 11.8 Å². The summed E-state index contributed by atoms with van der Waals surface area (Å²) in [4.78, 5) is 7.03. The summed E-state index contributed by atoms with van der Waals surface area (Å²) in [6.07, 6.45) is 6.38. The smallest absolute Gasteiger partial charge is 0.276 e. The van der Waals surface area contributed by atoms with Gasteiger partial charge in [0.2, 0.25) is 0 Å². The number of aromatic nitrogens is 4. The van der Waals surface area contributed by atoms with E-state index in [2.05, 4.69) is 20.2 Å². The fourth-order valence-electron chi connectivity index (χ4n) is 1.65. The Morgan fingerprint density at radius 3 is 2.84 bits per heavy atom. The molecule has 5 nitrogen and oxygen atoms in total. The maximum absolute atomic E-state index is 5.56. The van der Waals surface area contributed by atoms with E-state index in [-0.39, 0.29) is 0 Å². The highest BCUT2D eigenvalue weighted by molar-refractivity contribution is 7.99. The van der Waals surface area contributed by atoms with Crippen LogP contribution in [0.1, 0.15) is 5.56 Å². The molecule has 0 radical (unpaired) electrons. The van der Waals surface area contributed by atoms with Crippen molar-refractivity contribution in [3.05, 3.63) is 48.4 Å². The maximum atomic E-state index is 5.56. The molecule has 96 valence electrons. The molecule has 19 heavy (non-hydrogen) atoms. The minimum Gasteiger partial charge on any atom is -0.410 e. The highest BCUT2D eigenvalue weighted by atomic mass is 32.2. The molecular weight excluding hydrogens is 260 g/mol. The van der Waals surface area contributed by atoms with Crippen LogP contribution in [0.4, 0.5) is 0 Å². The van der Waals surface area contributed by atoms with Crippen molar-refractivity contribution in [2.24, 2.45) is 0 Å². The standard InChI is InChI=1S/C13H12N4OS/c1-2-11(15-6-1)12-16-17-13(18-12)19-9-5-10-3-7-14-8-4-10/h1-4,6-8,15H,5,9H2. The number of hydrogen-bond acceptors (Lipinski definition) is 5. The highest BCUT2D eigenvalue weighted by Crippen LogP contribution is 2.22. The number of aryl methyl sites for hydroxylation is 1. The first kappa shape index (κ1) is 12.0. The van der Waals surface area contributed by atoms with Crippen molar-refractivity contribution in [2.45, 2.75) is 11.6 Å². The number of rotatable bonds is 5. The average molecular weight is 272 g/mol. The molecular formula is C13H12N4OS. The Morgan fingerprint density at radius 2 is 2.05 bits per heavy atom. The van der Waals surface area contributed by atoms with Gasteiger partial charge < -0.3 is 9.40 Å². The zero-order valence-electron chi connectivity index (χ0n) is 10.1. The van der Waals surface area contributed by atoms with E-state index in [9.17, 15) is 0 Å². The van der Waals surface area contributed by atoms with Crippen molar-refractivity contribution in [3.8, 4) is 11.6 Å². The number of hydrogen-bond donors (Lipinski definition) is 1. The normalized spacial score (nSPS) is 10.7. The zero-order valence-corrected chi connectivity index (χ0v) is 10.9. The number of pyridine rings is 1. The quantitative estimate of drug-likeness (QED) is 0.723. The molecule has 6 heteroatoms. The van der Waals surface area contributed by atoms with E-state index >= 15 is 0 Å². The van der Waals surface area contributed by atoms with Crippen molar-refractivity contribution in [2.75, 3.05) is 5.75 Å². The largest absolute Gasteiger partial charge is 0.410 e. The molecule has 0 bridgehead atoms. The van der Waals surface area contributed by atoms with Crippen molar-refractivity contribution in [1.29, 1.82) is 0 Å². The Balaban J connectivity index is 1.56. The number of nitrogens with zero attached hydrogens (tertiary/aromatic N) is 3. The van der Waals surface area contributed by atoms with Gasteiger partial charge in [0.15, 0.2) is 0 Å². The first-order valence-corrected chi connectivity index (χ1v) is 6.89. The number of nitrogens with one attached hydrogen (secondary N) is 1. The molecule has 0 atom stereocenters. The molecule has 3 aromatic heterocycles. The number of H-pyrrole nitrogens is 1.